The van der Waals surface area contributed by atoms with Crippen molar-refractivity contribution in [1.29, 1.82) is 0 Å². The van der Waals surface area contributed by atoms with Crippen LogP contribution in [0.25, 0.3) is 10.9 Å². The van der Waals surface area contributed by atoms with E-state index in [2.05, 4.69) is 11.3 Å². The smallest absolute Gasteiger partial charge is 0.343 e. The van der Waals surface area contributed by atoms with Crippen LogP contribution in [0.4, 0.5) is 0 Å². The third-order valence-electron chi connectivity index (χ3n) is 4.22. The lowest BCUT2D eigenvalue weighted by Gasteiger charge is -2.13. The number of carbonyl (C=O) groups excluding carboxylic acids is 3. The summed E-state index contributed by atoms with van der Waals surface area (Å²) in [7, 11) is 1.26. The maximum Gasteiger partial charge on any atom is 0.343 e. The third kappa shape index (κ3) is 3.33. The molecule has 0 radical (unpaired) electrons. The molecule has 0 bridgehead atoms. The van der Waals surface area contributed by atoms with Gasteiger partial charge in [-0.15, -0.1) is 6.58 Å². The fourth-order valence-corrected chi connectivity index (χ4v) is 3.06. The molecule has 0 spiro atoms. The van der Waals surface area contributed by atoms with Crippen molar-refractivity contribution in [3.63, 3.8) is 0 Å². The van der Waals surface area contributed by atoms with E-state index < -0.39 is 17.7 Å². The van der Waals surface area contributed by atoms with Crippen LogP contribution >= 0.6 is 0 Å². The van der Waals surface area contributed by atoms with Gasteiger partial charge in [0.1, 0.15) is 5.75 Å². The maximum absolute atomic E-state index is 12.5. The number of fused-ring (bicyclic) bond motifs is 1. The first-order valence-corrected chi connectivity index (χ1v) is 8.16. The summed E-state index contributed by atoms with van der Waals surface area (Å²) in [6.45, 7) is 7.66. The fraction of sp³-hybridized carbons (Fsp3) is 0.316. The molecule has 0 aliphatic rings. The number of ether oxygens (including phenoxy) is 2. The average Bonchev–Trinajstić information content (AvgIpc) is 2.91. The molecule has 0 saturated carbocycles. The van der Waals surface area contributed by atoms with Gasteiger partial charge in [-0.25, -0.2) is 4.79 Å². The van der Waals surface area contributed by atoms with E-state index in [4.69, 9.17) is 10.5 Å². The van der Waals surface area contributed by atoms with Gasteiger partial charge in [0.05, 0.1) is 23.6 Å². The Bertz CT molecular complexity index is 895. The van der Waals surface area contributed by atoms with Crippen molar-refractivity contribution < 1.29 is 23.9 Å². The second-order valence-electron chi connectivity index (χ2n) is 5.70. The van der Waals surface area contributed by atoms with Crippen LogP contribution in [0.15, 0.2) is 24.8 Å². The molecule has 0 aliphatic carbocycles. The average molecular weight is 358 g/mol. The Morgan fingerprint density at radius 1 is 1.31 bits per heavy atom. The summed E-state index contributed by atoms with van der Waals surface area (Å²) in [6.07, 6.45) is 2.15. The molecule has 2 rings (SSSR count). The molecular weight excluding hydrogens is 336 g/mol. The number of aryl methyl sites for hydroxylation is 1. The van der Waals surface area contributed by atoms with Gasteiger partial charge >= 0.3 is 5.97 Å². The lowest BCUT2D eigenvalue weighted by atomic mass is 10.0. The number of ketones is 1. The third-order valence-corrected chi connectivity index (χ3v) is 4.22. The van der Waals surface area contributed by atoms with Gasteiger partial charge in [0.15, 0.2) is 6.61 Å². The highest BCUT2D eigenvalue weighted by Gasteiger charge is 2.27. The second kappa shape index (κ2) is 7.86. The van der Waals surface area contributed by atoms with E-state index in [-0.39, 0.29) is 12.2 Å². The summed E-state index contributed by atoms with van der Waals surface area (Å²) in [5, 5.41) is 0.469. The summed E-state index contributed by atoms with van der Waals surface area (Å²) < 4.78 is 12.2. The van der Waals surface area contributed by atoms with Crippen molar-refractivity contribution >= 4 is 28.6 Å². The Balaban J connectivity index is 2.83. The Kier molecular flexibility index (Phi) is 5.82. The number of hydrogen-bond acceptors (Lipinski definition) is 5. The SMILES string of the molecule is C=CCc1ccc2c(c1OCC(=O)OC)c(C(=O)C(N)=O)c(C)n2CC. The van der Waals surface area contributed by atoms with Crippen LogP contribution in [0.2, 0.25) is 0 Å². The zero-order valence-electron chi connectivity index (χ0n) is 15.1. The number of methoxy groups -OCH3 is 1. The largest absolute Gasteiger partial charge is 0.481 e. The van der Waals surface area contributed by atoms with Crippen LogP contribution in [0.5, 0.6) is 5.75 Å². The molecule has 7 heteroatoms. The van der Waals surface area contributed by atoms with Crippen LogP contribution in [0, 0.1) is 6.92 Å². The van der Waals surface area contributed by atoms with Gasteiger partial charge in [0.2, 0.25) is 0 Å². The minimum absolute atomic E-state index is 0.195. The summed E-state index contributed by atoms with van der Waals surface area (Å²) in [5.41, 5.74) is 7.51. The van der Waals surface area contributed by atoms with E-state index in [1.807, 2.05) is 23.6 Å². The van der Waals surface area contributed by atoms with E-state index in [1.165, 1.54) is 7.11 Å². The minimum atomic E-state index is -1.05. The van der Waals surface area contributed by atoms with E-state index in [0.29, 0.717) is 29.8 Å². The molecule has 1 amide bonds. The van der Waals surface area contributed by atoms with Crippen molar-refractivity contribution in [2.45, 2.75) is 26.8 Å². The molecule has 138 valence electrons. The Labute approximate surface area is 151 Å². The summed E-state index contributed by atoms with van der Waals surface area (Å²) in [5.74, 6) is -2.04. The number of nitrogens with two attached hydrogens (primary N) is 1. The number of primary amides is 1. The molecule has 26 heavy (non-hydrogen) atoms. The van der Waals surface area contributed by atoms with Gasteiger partial charge in [-0.2, -0.15) is 0 Å². The van der Waals surface area contributed by atoms with Gasteiger partial charge in [0, 0.05) is 12.2 Å². The second-order valence-corrected chi connectivity index (χ2v) is 5.70. The number of aromatic nitrogens is 1. The van der Waals surface area contributed by atoms with Crippen molar-refractivity contribution in [3.05, 3.63) is 41.6 Å². The molecule has 0 aliphatic heterocycles. The van der Waals surface area contributed by atoms with Gasteiger partial charge in [-0.3, -0.25) is 9.59 Å². The highest BCUT2D eigenvalue weighted by atomic mass is 16.6. The summed E-state index contributed by atoms with van der Waals surface area (Å²) in [6, 6.07) is 3.70. The van der Waals surface area contributed by atoms with E-state index in [1.54, 1.807) is 13.0 Å². The fourth-order valence-electron chi connectivity index (χ4n) is 3.06. The van der Waals surface area contributed by atoms with E-state index in [0.717, 1.165) is 11.1 Å². The first-order valence-electron chi connectivity index (χ1n) is 8.16. The lowest BCUT2D eigenvalue weighted by Crippen LogP contribution is -2.24. The maximum atomic E-state index is 12.5. The number of rotatable bonds is 8. The number of amides is 1. The standard InChI is InChI=1S/C19H22N2O5/c1-5-7-12-8-9-13-16(18(12)26-10-14(22)25-4)15(17(23)19(20)24)11(3)21(13)6-2/h5,8-9H,1,6-7,10H2,2-4H3,(H2,20,24). The molecule has 0 fully saturated rings. The number of Topliss-reactive ketones (excluding diaryl/α,β-unsaturated/α-hetero) is 1. The van der Waals surface area contributed by atoms with Crippen LogP contribution in [0.3, 0.4) is 0 Å². The molecule has 2 aromatic rings. The number of benzene rings is 1. The van der Waals surface area contributed by atoms with Crippen molar-refractivity contribution in [2.24, 2.45) is 5.73 Å². The monoisotopic (exact) mass is 358 g/mol. The number of carbonyl (C=O) groups is 3. The Morgan fingerprint density at radius 3 is 2.54 bits per heavy atom. The van der Waals surface area contributed by atoms with Gasteiger partial charge in [0.25, 0.3) is 11.7 Å². The molecule has 1 aromatic heterocycles. The first kappa shape index (κ1) is 19.2. The summed E-state index contributed by atoms with van der Waals surface area (Å²) in [4.78, 5) is 35.6. The normalized spacial score (nSPS) is 10.6. The lowest BCUT2D eigenvalue weighted by molar-refractivity contribution is -0.142. The number of esters is 1. The summed E-state index contributed by atoms with van der Waals surface area (Å²) >= 11 is 0. The minimum Gasteiger partial charge on any atom is -0.481 e. The van der Waals surface area contributed by atoms with Crippen molar-refractivity contribution in [2.75, 3.05) is 13.7 Å². The van der Waals surface area contributed by atoms with Gasteiger partial charge in [-0.05, 0) is 31.9 Å². The molecule has 0 saturated heterocycles. The van der Waals surface area contributed by atoms with Crippen LogP contribution in [-0.2, 0) is 27.3 Å². The molecule has 0 unspecified atom stereocenters. The number of hydrogen-bond donors (Lipinski definition) is 1. The Morgan fingerprint density at radius 2 is 2.00 bits per heavy atom. The predicted molar refractivity (Wildman–Crippen MR) is 97.3 cm³/mol. The van der Waals surface area contributed by atoms with Crippen LogP contribution < -0.4 is 10.5 Å². The Hall–Kier alpha value is -3.09. The van der Waals surface area contributed by atoms with Gasteiger partial charge in [-0.1, -0.05) is 12.1 Å². The molecule has 2 N–H and O–H groups in total. The molecule has 7 nitrogen and oxygen atoms in total. The molecular formula is C19H22N2O5. The first-order chi connectivity index (χ1) is 12.4. The van der Waals surface area contributed by atoms with Crippen LogP contribution in [-0.4, -0.2) is 35.9 Å². The number of allylic oxidation sites excluding steroid dienone is 1. The van der Waals surface area contributed by atoms with E-state index >= 15 is 0 Å². The number of nitrogens with zero attached hydrogens (tertiary/aromatic N) is 1. The van der Waals surface area contributed by atoms with Crippen LogP contribution in [0.1, 0.15) is 28.5 Å². The topological polar surface area (TPSA) is 101 Å². The van der Waals surface area contributed by atoms with Crippen molar-refractivity contribution in [1.82, 2.24) is 4.57 Å². The quantitative estimate of drug-likeness (QED) is 0.336. The molecule has 1 heterocycles. The predicted octanol–water partition coefficient (Wildman–Crippen LogP) is 1.92. The van der Waals surface area contributed by atoms with Crippen molar-refractivity contribution in [3.8, 4) is 5.75 Å². The molecule has 0 atom stereocenters. The highest BCUT2D eigenvalue weighted by molar-refractivity contribution is 6.45. The van der Waals surface area contributed by atoms with Gasteiger partial charge < -0.3 is 19.8 Å². The van der Waals surface area contributed by atoms with E-state index in [9.17, 15) is 14.4 Å². The molecule has 1 aromatic carbocycles. The zero-order chi connectivity index (χ0) is 19.4. The highest BCUT2D eigenvalue weighted by Crippen LogP contribution is 2.37. The zero-order valence-corrected chi connectivity index (χ0v) is 15.1.